The first kappa shape index (κ1) is 12.9. The van der Waals surface area contributed by atoms with Crippen LogP contribution in [0.5, 0.6) is 0 Å². The number of aliphatic hydroxyl groups is 1. The van der Waals surface area contributed by atoms with E-state index in [1.807, 2.05) is 7.05 Å². The van der Waals surface area contributed by atoms with Crippen LogP contribution in [0.3, 0.4) is 0 Å². The number of hydrogen-bond acceptors (Lipinski definition) is 2. The zero-order valence-corrected chi connectivity index (χ0v) is 9.42. The minimum atomic E-state index is -0.230. The second-order valence-electron chi connectivity index (χ2n) is 3.81. The number of hydrogen-bond donors (Lipinski definition) is 1. The molecule has 0 aromatic heterocycles. The molecule has 1 atom stereocenters. The van der Waals surface area contributed by atoms with Crippen LogP contribution in [-0.4, -0.2) is 29.8 Å². The van der Waals surface area contributed by atoms with Gasteiger partial charge in [-0.1, -0.05) is 39.5 Å². The number of nitrogens with zero attached hydrogens (tertiary/aromatic N) is 1. The van der Waals surface area contributed by atoms with Crippen molar-refractivity contribution < 1.29 is 5.11 Å². The summed E-state index contributed by atoms with van der Waals surface area (Å²) in [6.07, 6.45) is 6.82. The van der Waals surface area contributed by atoms with E-state index in [-0.39, 0.29) is 6.23 Å². The Hall–Kier alpha value is -0.0800. The van der Waals surface area contributed by atoms with Crippen molar-refractivity contribution in [3.05, 3.63) is 0 Å². The van der Waals surface area contributed by atoms with Crippen LogP contribution < -0.4 is 0 Å². The smallest absolute Gasteiger partial charge is 0.107 e. The Balaban J connectivity index is 3.32. The second kappa shape index (κ2) is 8.52. The fourth-order valence-electron chi connectivity index (χ4n) is 1.42. The summed E-state index contributed by atoms with van der Waals surface area (Å²) < 4.78 is 0. The lowest BCUT2D eigenvalue weighted by molar-refractivity contribution is 0.0143. The van der Waals surface area contributed by atoms with Crippen LogP contribution in [0.15, 0.2) is 0 Å². The van der Waals surface area contributed by atoms with E-state index in [9.17, 15) is 5.11 Å². The topological polar surface area (TPSA) is 23.5 Å². The van der Waals surface area contributed by atoms with Crippen molar-refractivity contribution in [1.29, 1.82) is 0 Å². The maximum absolute atomic E-state index is 9.60. The van der Waals surface area contributed by atoms with E-state index in [1.165, 1.54) is 25.7 Å². The largest absolute Gasteiger partial charge is 0.378 e. The van der Waals surface area contributed by atoms with E-state index >= 15 is 0 Å². The normalized spacial score (nSPS) is 13.6. The third-order valence-corrected chi connectivity index (χ3v) is 2.42. The minimum absolute atomic E-state index is 0.230. The lowest BCUT2D eigenvalue weighted by Crippen LogP contribution is -2.32. The summed E-state index contributed by atoms with van der Waals surface area (Å²) >= 11 is 0. The minimum Gasteiger partial charge on any atom is -0.378 e. The third-order valence-electron chi connectivity index (χ3n) is 2.42. The molecule has 0 aliphatic heterocycles. The van der Waals surface area contributed by atoms with E-state index in [1.54, 1.807) is 0 Å². The van der Waals surface area contributed by atoms with Crippen molar-refractivity contribution in [3.8, 4) is 0 Å². The molecule has 0 bridgehead atoms. The SMILES string of the molecule is CCCCCCN(C)C(O)CCC. The number of unbranched alkanes of at least 4 members (excludes halogenated alkanes) is 3. The molecule has 2 heteroatoms. The lowest BCUT2D eigenvalue weighted by atomic mass is 10.2. The summed E-state index contributed by atoms with van der Waals surface area (Å²) in [5.41, 5.74) is 0. The monoisotopic (exact) mass is 187 g/mol. The van der Waals surface area contributed by atoms with Crippen molar-refractivity contribution >= 4 is 0 Å². The Labute approximate surface area is 82.9 Å². The molecule has 80 valence electrons. The molecule has 0 saturated carbocycles. The highest BCUT2D eigenvalue weighted by Gasteiger charge is 2.08. The third kappa shape index (κ3) is 7.03. The van der Waals surface area contributed by atoms with Gasteiger partial charge in [0.1, 0.15) is 6.23 Å². The number of rotatable bonds is 8. The van der Waals surface area contributed by atoms with E-state index in [2.05, 4.69) is 18.7 Å². The van der Waals surface area contributed by atoms with Crippen LogP contribution in [0.2, 0.25) is 0 Å². The quantitative estimate of drug-likeness (QED) is 0.466. The standard InChI is InChI=1S/C11H25NO/c1-4-6-7-8-10-12(3)11(13)9-5-2/h11,13H,4-10H2,1-3H3. The van der Waals surface area contributed by atoms with E-state index in [0.717, 1.165) is 19.4 Å². The molecular formula is C11H25NO. The van der Waals surface area contributed by atoms with Gasteiger partial charge >= 0.3 is 0 Å². The molecule has 1 N–H and O–H groups in total. The van der Waals surface area contributed by atoms with Crippen LogP contribution in [0.25, 0.3) is 0 Å². The molecule has 0 saturated heterocycles. The van der Waals surface area contributed by atoms with Gasteiger partial charge in [-0.3, -0.25) is 4.90 Å². The number of aliphatic hydroxyl groups excluding tert-OH is 1. The van der Waals surface area contributed by atoms with Gasteiger partial charge in [-0.05, 0) is 19.9 Å². The zero-order chi connectivity index (χ0) is 10.1. The molecule has 2 nitrogen and oxygen atoms in total. The maximum Gasteiger partial charge on any atom is 0.107 e. The van der Waals surface area contributed by atoms with Gasteiger partial charge in [-0.15, -0.1) is 0 Å². The summed E-state index contributed by atoms with van der Waals surface area (Å²) in [7, 11) is 2.01. The molecule has 0 spiro atoms. The summed E-state index contributed by atoms with van der Waals surface area (Å²) in [6, 6.07) is 0. The van der Waals surface area contributed by atoms with Crippen LogP contribution in [0, 0.1) is 0 Å². The fourth-order valence-corrected chi connectivity index (χ4v) is 1.42. The van der Waals surface area contributed by atoms with Crippen molar-refractivity contribution in [2.45, 2.75) is 58.6 Å². The Bertz CT molecular complexity index is 106. The van der Waals surface area contributed by atoms with Crippen LogP contribution in [-0.2, 0) is 0 Å². The van der Waals surface area contributed by atoms with Gasteiger partial charge < -0.3 is 5.11 Å². The molecule has 0 aliphatic rings. The summed E-state index contributed by atoms with van der Waals surface area (Å²) in [5.74, 6) is 0. The average molecular weight is 187 g/mol. The second-order valence-corrected chi connectivity index (χ2v) is 3.81. The molecule has 0 aromatic carbocycles. The molecule has 13 heavy (non-hydrogen) atoms. The predicted octanol–water partition coefficient (Wildman–Crippen LogP) is 2.62. The van der Waals surface area contributed by atoms with Gasteiger partial charge in [0.2, 0.25) is 0 Å². The van der Waals surface area contributed by atoms with Gasteiger partial charge in [0, 0.05) is 6.54 Å². The van der Waals surface area contributed by atoms with E-state index in [4.69, 9.17) is 0 Å². The van der Waals surface area contributed by atoms with Crippen molar-refractivity contribution in [1.82, 2.24) is 4.90 Å². The Morgan fingerprint density at radius 1 is 1.08 bits per heavy atom. The molecule has 0 aliphatic carbocycles. The molecule has 0 aromatic rings. The molecule has 0 radical (unpaired) electrons. The van der Waals surface area contributed by atoms with Crippen molar-refractivity contribution in [2.24, 2.45) is 0 Å². The highest BCUT2D eigenvalue weighted by molar-refractivity contribution is 4.56. The van der Waals surface area contributed by atoms with Gasteiger partial charge in [0.15, 0.2) is 0 Å². The molecular weight excluding hydrogens is 162 g/mol. The lowest BCUT2D eigenvalue weighted by Gasteiger charge is -2.22. The molecule has 0 rings (SSSR count). The molecule has 1 unspecified atom stereocenters. The Kier molecular flexibility index (Phi) is 8.46. The fraction of sp³-hybridized carbons (Fsp3) is 1.00. The van der Waals surface area contributed by atoms with Gasteiger partial charge in [-0.25, -0.2) is 0 Å². The van der Waals surface area contributed by atoms with Crippen LogP contribution >= 0.6 is 0 Å². The van der Waals surface area contributed by atoms with Crippen molar-refractivity contribution in [2.75, 3.05) is 13.6 Å². The average Bonchev–Trinajstić information content (AvgIpc) is 2.12. The van der Waals surface area contributed by atoms with Gasteiger partial charge in [-0.2, -0.15) is 0 Å². The first-order valence-corrected chi connectivity index (χ1v) is 5.60. The Morgan fingerprint density at radius 2 is 1.77 bits per heavy atom. The molecule has 0 amide bonds. The Morgan fingerprint density at radius 3 is 2.31 bits per heavy atom. The van der Waals surface area contributed by atoms with Crippen LogP contribution in [0.1, 0.15) is 52.4 Å². The molecule has 0 heterocycles. The predicted molar refractivity (Wildman–Crippen MR) is 57.7 cm³/mol. The van der Waals surface area contributed by atoms with E-state index < -0.39 is 0 Å². The molecule has 0 fully saturated rings. The first-order valence-electron chi connectivity index (χ1n) is 5.60. The van der Waals surface area contributed by atoms with Crippen LogP contribution in [0.4, 0.5) is 0 Å². The highest BCUT2D eigenvalue weighted by Crippen LogP contribution is 2.05. The maximum atomic E-state index is 9.60. The first-order chi connectivity index (χ1) is 6.22. The van der Waals surface area contributed by atoms with Crippen molar-refractivity contribution in [3.63, 3.8) is 0 Å². The summed E-state index contributed by atoms with van der Waals surface area (Å²) in [6.45, 7) is 5.35. The summed E-state index contributed by atoms with van der Waals surface area (Å²) in [5, 5.41) is 9.60. The summed E-state index contributed by atoms with van der Waals surface area (Å²) in [4.78, 5) is 2.05. The highest BCUT2D eigenvalue weighted by atomic mass is 16.3. The van der Waals surface area contributed by atoms with Gasteiger partial charge in [0.05, 0.1) is 0 Å². The zero-order valence-electron chi connectivity index (χ0n) is 9.42. The van der Waals surface area contributed by atoms with E-state index in [0.29, 0.717) is 0 Å². The van der Waals surface area contributed by atoms with Gasteiger partial charge in [0.25, 0.3) is 0 Å².